The lowest BCUT2D eigenvalue weighted by Crippen LogP contribution is -2.28. The molecule has 0 saturated carbocycles. The number of fused-ring (bicyclic) bond motifs is 1. The zero-order chi connectivity index (χ0) is 18.0. The van der Waals surface area contributed by atoms with E-state index in [4.69, 9.17) is 9.26 Å². The van der Waals surface area contributed by atoms with Crippen molar-refractivity contribution >= 4 is 17.5 Å². The summed E-state index contributed by atoms with van der Waals surface area (Å²) in [5, 5.41) is 9.64. The topological polar surface area (TPSA) is 93.5 Å². The molecule has 0 spiro atoms. The second kappa shape index (κ2) is 6.96. The summed E-state index contributed by atoms with van der Waals surface area (Å²) in [5.74, 6) is 1.16. The maximum absolute atomic E-state index is 12.2. The van der Waals surface area contributed by atoms with Gasteiger partial charge in [0.15, 0.2) is 6.61 Å². The number of hydrogen-bond acceptors (Lipinski definition) is 5. The Morgan fingerprint density at radius 3 is 2.92 bits per heavy atom. The molecule has 1 atom stereocenters. The van der Waals surface area contributed by atoms with Gasteiger partial charge in [0.2, 0.25) is 5.91 Å². The highest BCUT2D eigenvalue weighted by atomic mass is 16.5. The normalized spacial score (nSPS) is 14.3. The van der Waals surface area contributed by atoms with Gasteiger partial charge in [-0.3, -0.25) is 9.59 Å². The van der Waals surface area contributed by atoms with Crippen molar-refractivity contribution in [3.05, 3.63) is 40.8 Å². The van der Waals surface area contributed by atoms with E-state index in [-0.39, 0.29) is 24.5 Å². The number of benzene rings is 1. The van der Waals surface area contributed by atoms with E-state index in [2.05, 4.69) is 15.8 Å². The van der Waals surface area contributed by atoms with E-state index >= 15 is 0 Å². The van der Waals surface area contributed by atoms with E-state index in [1.165, 1.54) is 0 Å². The predicted molar refractivity (Wildman–Crippen MR) is 91.4 cm³/mol. The fourth-order valence-corrected chi connectivity index (χ4v) is 2.86. The van der Waals surface area contributed by atoms with Crippen LogP contribution in [0.3, 0.4) is 0 Å². The van der Waals surface area contributed by atoms with Crippen molar-refractivity contribution < 1.29 is 18.8 Å². The third-order valence-corrected chi connectivity index (χ3v) is 4.30. The monoisotopic (exact) mass is 343 g/mol. The molecule has 3 rings (SSSR count). The Bertz CT molecular complexity index is 793. The summed E-state index contributed by atoms with van der Waals surface area (Å²) in [6.07, 6.45) is 0.950. The standard InChI is InChI=1S/C18H21N3O4/c1-10(13-4-6-16-15(8-13)20-18(23)9-24-16)19-17(22)7-5-14-11(2)21-25-12(14)3/h4,6,8,10H,5,7,9H2,1-3H3,(H,19,22)(H,20,23). The molecule has 2 heterocycles. The first kappa shape index (κ1) is 17.0. The second-order valence-electron chi connectivity index (χ2n) is 6.18. The fourth-order valence-electron chi connectivity index (χ4n) is 2.86. The van der Waals surface area contributed by atoms with Crippen LogP contribution < -0.4 is 15.4 Å². The Labute approximate surface area is 145 Å². The van der Waals surface area contributed by atoms with Crippen molar-refractivity contribution in [1.29, 1.82) is 0 Å². The summed E-state index contributed by atoms with van der Waals surface area (Å²) >= 11 is 0. The smallest absolute Gasteiger partial charge is 0.262 e. The summed E-state index contributed by atoms with van der Waals surface area (Å²) in [4.78, 5) is 23.6. The number of ether oxygens (including phenoxy) is 1. The molecule has 7 heteroatoms. The highest BCUT2D eigenvalue weighted by Gasteiger charge is 2.18. The van der Waals surface area contributed by atoms with E-state index in [0.29, 0.717) is 24.3 Å². The van der Waals surface area contributed by atoms with Crippen LogP contribution in [0.15, 0.2) is 22.7 Å². The first-order chi connectivity index (χ1) is 11.9. The van der Waals surface area contributed by atoms with Crippen molar-refractivity contribution in [1.82, 2.24) is 10.5 Å². The zero-order valence-electron chi connectivity index (χ0n) is 14.5. The molecule has 1 aromatic heterocycles. The molecule has 1 aliphatic heterocycles. The van der Waals surface area contributed by atoms with Gasteiger partial charge >= 0.3 is 0 Å². The molecule has 0 radical (unpaired) electrons. The molecule has 0 saturated heterocycles. The lowest BCUT2D eigenvalue weighted by Gasteiger charge is -2.21. The van der Waals surface area contributed by atoms with Gasteiger partial charge in [0.1, 0.15) is 11.5 Å². The van der Waals surface area contributed by atoms with Crippen LogP contribution in [-0.2, 0) is 16.0 Å². The average molecular weight is 343 g/mol. The van der Waals surface area contributed by atoms with E-state index < -0.39 is 0 Å². The van der Waals surface area contributed by atoms with Gasteiger partial charge in [0.25, 0.3) is 5.91 Å². The number of carbonyl (C=O) groups is 2. The van der Waals surface area contributed by atoms with Crippen LogP contribution in [-0.4, -0.2) is 23.6 Å². The van der Waals surface area contributed by atoms with Gasteiger partial charge in [-0.1, -0.05) is 11.2 Å². The Morgan fingerprint density at radius 1 is 1.40 bits per heavy atom. The maximum Gasteiger partial charge on any atom is 0.262 e. The lowest BCUT2D eigenvalue weighted by molar-refractivity contribution is -0.121. The number of anilines is 1. The molecule has 2 amide bonds. The van der Waals surface area contributed by atoms with Gasteiger partial charge in [0.05, 0.1) is 17.4 Å². The van der Waals surface area contributed by atoms with Crippen molar-refractivity contribution in [3.63, 3.8) is 0 Å². The van der Waals surface area contributed by atoms with E-state index in [9.17, 15) is 9.59 Å². The minimum atomic E-state index is -0.180. The lowest BCUT2D eigenvalue weighted by atomic mass is 10.1. The Kier molecular flexibility index (Phi) is 4.74. The summed E-state index contributed by atoms with van der Waals surface area (Å²) in [7, 11) is 0. The number of hydrogen-bond donors (Lipinski definition) is 2. The Morgan fingerprint density at radius 2 is 2.20 bits per heavy atom. The zero-order valence-corrected chi connectivity index (χ0v) is 14.5. The van der Waals surface area contributed by atoms with Crippen LogP contribution in [0.25, 0.3) is 0 Å². The molecule has 132 valence electrons. The highest BCUT2D eigenvalue weighted by molar-refractivity contribution is 5.95. The highest BCUT2D eigenvalue weighted by Crippen LogP contribution is 2.30. The SMILES string of the molecule is Cc1noc(C)c1CCC(=O)NC(C)c1ccc2c(c1)NC(=O)CO2. The second-order valence-corrected chi connectivity index (χ2v) is 6.18. The summed E-state index contributed by atoms with van der Waals surface area (Å²) in [6, 6.07) is 5.33. The molecule has 0 fully saturated rings. The van der Waals surface area contributed by atoms with Gasteiger partial charge in [-0.05, 0) is 44.9 Å². The molecule has 25 heavy (non-hydrogen) atoms. The summed E-state index contributed by atoms with van der Waals surface area (Å²) < 4.78 is 10.5. The Balaban J connectivity index is 1.60. The van der Waals surface area contributed by atoms with Crippen LogP contribution >= 0.6 is 0 Å². The maximum atomic E-state index is 12.2. The molecular formula is C18H21N3O4. The number of amides is 2. The van der Waals surface area contributed by atoms with Crippen LogP contribution in [0.1, 0.15) is 42.0 Å². The molecular weight excluding hydrogens is 322 g/mol. The van der Waals surface area contributed by atoms with Crippen LogP contribution in [0.5, 0.6) is 5.75 Å². The third kappa shape index (κ3) is 3.81. The first-order valence-electron chi connectivity index (χ1n) is 8.21. The van der Waals surface area contributed by atoms with Gasteiger partial charge < -0.3 is 19.9 Å². The van der Waals surface area contributed by atoms with Crippen LogP contribution in [0.2, 0.25) is 0 Å². The fraction of sp³-hybridized carbons (Fsp3) is 0.389. The molecule has 1 aromatic carbocycles. The van der Waals surface area contributed by atoms with Gasteiger partial charge in [-0.15, -0.1) is 0 Å². The Hall–Kier alpha value is -2.83. The van der Waals surface area contributed by atoms with E-state index in [1.807, 2.05) is 32.9 Å². The molecule has 2 N–H and O–H groups in total. The van der Waals surface area contributed by atoms with E-state index in [0.717, 1.165) is 22.6 Å². The largest absolute Gasteiger partial charge is 0.482 e. The number of nitrogens with one attached hydrogen (secondary N) is 2. The van der Waals surface area contributed by atoms with Crippen molar-refractivity contribution in [2.75, 3.05) is 11.9 Å². The number of aromatic nitrogens is 1. The van der Waals surface area contributed by atoms with Crippen molar-refractivity contribution in [3.8, 4) is 5.75 Å². The number of carbonyl (C=O) groups excluding carboxylic acids is 2. The van der Waals surface area contributed by atoms with E-state index in [1.54, 1.807) is 6.07 Å². The molecule has 7 nitrogen and oxygen atoms in total. The third-order valence-electron chi connectivity index (χ3n) is 4.30. The van der Waals surface area contributed by atoms with Gasteiger partial charge in [0, 0.05) is 12.0 Å². The first-order valence-corrected chi connectivity index (χ1v) is 8.21. The number of nitrogens with zero attached hydrogens (tertiary/aromatic N) is 1. The quantitative estimate of drug-likeness (QED) is 0.870. The minimum absolute atomic E-state index is 0.0281. The van der Waals surface area contributed by atoms with Crippen molar-refractivity contribution in [2.24, 2.45) is 0 Å². The molecule has 2 aromatic rings. The molecule has 1 unspecified atom stereocenters. The van der Waals surface area contributed by atoms with Crippen LogP contribution in [0, 0.1) is 13.8 Å². The minimum Gasteiger partial charge on any atom is -0.482 e. The van der Waals surface area contributed by atoms with Crippen LogP contribution in [0.4, 0.5) is 5.69 Å². The van der Waals surface area contributed by atoms with Crippen molar-refractivity contribution in [2.45, 2.75) is 39.7 Å². The molecule has 1 aliphatic rings. The molecule has 0 bridgehead atoms. The van der Waals surface area contributed by atoms with Gasteiger partial charge in [-0.25, -0.2) is 0 Å². The number of aryl methyl sites for hydroxylation is 2. The number of rotatable bonds is 5. The summed E-state index contributed by atoms with van der Waals surface area (Å²) in [6.45, 7) is 5.65. The predicted octanol–water partition coefficient (Wildman–Crippen LogP) is 2.43. The molecule has 0 aliphatic carbocycles. The summed E-state index contributed by atoms with van der Waals surface area (Å²) in [5.41, 5.74) is 3.33. The average Bonchev–Trinajstić information content (AvgIpc) is 2.90. The van der Waals surface area contributed by atoms with Gasteiger partial charge in [-0.2, -0.15) is 0 Å².